The fourth-order valence-corrected chi connectivity index (χ4v) is 4.57. The van der Waals surface area contributed by atoms with E-state index in [1.54, 1.807) is 51.4 Å². The van der Waals surface area contributed by atoms with E-state index in [-0.39, 0.29) is 13.2 Å². The number of nitrogens with one attached hydrogen (secondary N) is 1. The van der Waals surface area contributed by atoms with Crippen LogP contribution in [0.25, 0.3) is 0 Å². The quantitative estimate of drug-likeness (QED) is 0.610. The van der Waals surface area contributed by atoms with Gasteiger partial charge in [-0.3, -0.25) is 19.3 Å². The lowest BCUT2D eigenvalue weighted by Gasteiger charge is -2.38. The Morgan fingerprint density at radius 1 is 1.10 bits per heavy atom. The van der Waals surface area contributed by atoms with Gasteiger partial charge < -0.3 is 14.8 Å². The topological polar surface area (TPSA) is 97.8 Å². The number of anilines is 2. The van der Waals surface area contributed by atoms with Crippen molar-refractivity contribution in [3.05, 3.63) is 53.2 Å². The molecular formula is C22H23N3O5. The van der Waals surface area contributed by atoms with E-state index in [9.17, 15) is 14.4 Å². The average Bonchev–Trinajstić information content (AvgIpc) is 3.15. The summed E-state index contributed by atoms with van der Waals surface area (Å²) in [6.07, 6.45) is 1.56. The molecule has 1 spiro atoms. The number of aromatic nitrogens is 1. The maximum atomic E-state index is 13.8. The Kier molecular flexibility index (Phi) is 4.52. The number of hydrogen-bond acceptors (Lipinski definition) is 7. The Bertz CT molecular complexity index is 1050. The molecule has 8 nitrogen and oxygen atoms in total. The lowest BCUT2D eigenvalue weighted by atomic mass is 9.64. The third-order valence-electron chi connectivity index (χ3n) is 5.76. The molecule has 30 heavy (non-hydrogen) atoms. The van der Waals surface area contributed by atoms with Crippen LogP contribution in [0, 0.1) is 6.92 Å². The number of fused-ring (bicyclic) bond motifs is 3. The molecule has 0 saturated carbocycles. The van der Waals surface area contributed by atoms with E-state index in [1.807, 2.05) is 13.0 Å². The molecule has 2 aliphatic heterocycles. The second kappa shape index (κ2) is 6.83. The first kappa shape index (κ1) is 19.9. The van der Waals surface area contributed by atoms with E-state index in [1.165, 1.54) is 4.90 Å². The van der Waals surface area contributed by atoms with Crippen molar-refractivity contribution in [1.29, 1.82) is 0 Å². The number of esters is 2. The molecule has 0 aliphatic carbocycles. The van der Waals surface area contributed by atoms with Crippen LogP contribution >= 0.6 is 0 Å². The summed E-state index contributed by atoms with van der Waals surface area (Å²) >= 11 is 0. The van der Waals surface area contributed by atoms with Crippen molar-refractivity contribution in [3.63, 3.8) is 0 Å². The highest BCUT2D eigenvalue weighted by atomic mass is 16.6. The highest BCUT2D eigenvalue weighted by molar-refractivity contribution is 6.23. The Morgan fingerprint density at radius 3 is 2.40 bits per heavy atom. The molecule has 0 saturated heterocycles. The lowest BCUT2D eigenvalue weighted by Crippen LogP contribution is -2.64. The summed E-state index contributed by atoms with van der Waals surface area (Å²) in [6.45, 7) is 5.24. The van der Waals surface area contributed by atoms with Gasteiger partial charge in [0.05, 0.1) is 13.2 Å². The zero-order chi connectivity index (χ0) is 21.7. The molecule has 2 aliphatic rings. The first-order chi connectivity index (χ1) is 14.4. The third kappa shape index (κ3) is 2.21. The van der Waals surface area contributed by atoms with Crippen LogP contribution in [0.15, 0.2) is 36.5 Å². The first-order valence-electron chi connectivity index (χ1n) is 9.83. The van der Waals surface area contributed by atoms with Gasteiger partial charge in [0.2, 0.25) is 5.41 Å². The number of aryl methyl sites for hydroxylation is 1. The second-order valence-corrected chi connectivity index (χ2v) is 7.35. The summed E-state index contributed by atoms with van der Waals surface area (Å²) in [6, 6.07) is 8.70. The van der Waals surface area contributed by atoms with Crippen LogP contribution in [0.5, 0.6) is 0 Å². The van der Waals surface area contributed by atoms with Crippen molar-refractivity contribution in [2.24, 2.45) is 0 Å². The van der Waals surface area contributed by atoms with Crippen molar-refractivity contribution in [3.8, 4) is 0 Å². The third-order valence-corrected chi connectivity index (χ3v) is 5.76. The number of likely N-dealkylation sites (N-methyl/N-ethyl adjacent to an activating group) is 1. The minimum absolute atomic E-state index is 0.0428. The van der Waals surface area contributed by atoms with Crippen molar-refractivity contribution < 1.29 is 23.9 Å². The summed E-state index contributed by atoms with van der Waals surface area (Å²) in [4.78, 5) is 46.7. The van der Waals surface area contributed by atoms with Crippen molar-refractivity contribution in [2.75, 3.05) is 30.5 Å². The number of ether oxygens (including phenoxy) is 2. The normalized spacial score (nSPS) is 20.5. The molecule has 3 heterocycles. The number of carbonyl (C=O) groups is 3. The SMILES string of the molecule is CCOC(=O)C1(C(=O)OCC)c2cc(C)ccc2N[C@@]12C(=O)N(C)c1ncccc12. The maximum absolute atomic E-state index is 13.8. The predicted octanol–water partition coefficient (Wildman–Crippen LogP) is 2.05. The Hall–Kier alpha value is -3.42. The Morgan fingerprint density at radius 2 is 1.77 bits per heavy atom. The van der Waals surface area contributed by atoms with Crippen molar-refractivity contribution in [1.82, 2.24) is 4.98 Å². The largest absolute Gasteiger partial charge is 0.465 e. The van der Waals surface area contributed by atoms with Crippen LogP contribution in [0.1, 0.15) is 30.5 Å². The molecule has 8 heteroatoms. The van der Waals surface area contributed by atoms with Crippen molar-refractivity contribution >= 4 is 29.4 Å². The molecular weight excluding hydrogens is 386 g/mol. The predicted molar refractivity (Wildman–Crippen MR) is 109 cm³/mol. The summed E-state index contributed by atoms with van der Waals surface area (Å²) in [5.41, 5.74) is -1.71. The number of pyridine rings is 1. The van der Waals surface area contributed by atoms with Gasteiger partial charge in [-0.05, 0) is 32.9 Å². The van der Waals surface area contributed by atoms with Crippen LogP contribution in [-0.2, 0) is 34.8 Å². The highest BCUT2D eigenvalue weighted by Gasteiger charge is 2.76. The lowest BCUT2D eigenvalue weighted by molar-refractivity contribution is -0.170. The van der Waals surface area contributed by atoms with E-state index in [0.717, 1.165) is 5.56 Å². The Balaban J connectivity index is 2.14. The van der Waals surface area contributed by atoms with Gasteiger partial charge in [0, 0.05) is 30.1 Å². The molecule has 2 aromatic rings. The average molecular weight is 409 g/mol. The number of hydrogen-bond donors (Lipinski definition) is 1. The monoisotopic (exact) mass is 409 g/mol. The van der Waals surface area contributed by atoms with Crippen LogP contribution in [0.3, 0.4) is 0 Å². The fourth-order valence-electron chi connectivity index (χ4n) is 4.57. The van der Waals surface area contributed by atoms with Gasteiger partial charge in [-0.15, -0.1) is 0 Å². The summed E-state index contributed by atoms with van der Waals surface area (Å²) in [5.74, 6) is -1.78. The molecule has 0 fully saturated rings. The molecule has 0 unspecified atom stereocenters. The highest BCUT2D eigenvalue weighted by Crippen LogP contribution is 2.59. The van der Waals surface area contributed by atoms with Gasteiger partial charge in [-0.2, -0.15) is 0 Å². The molecule has 4 rings (SSSR count). The number of carbonyl (C=O) groups excluding carboxylic acids is 3. The van der Waals surface area contributed by atoms with Gasteiger partial charge in [0.1, 0.15) is 5.82 Å². The van der Waals surface area contributed by atoms with Gasteiger partial charge in [0.15, 0.2) is 5.54 Å². The van der Waals surface area contributed by atoms with Gasteiger partial charge >= 0.3 is 11.9 Å². The van der Waals surface area contributed by atoms with E-state index in [0.29, 0.717) is 22.6 Å². The van der Waals surface area contributed by atoms with Crippen LogP contribution in [0.2, 0.25) is 0 Å². The summed E-state index contributed by atoms with van der Waals surface area (Å²) in [7, 11) is 1.57. The van der Waals surface area contributed by atoms with Crippen LogP contribution in [0.4, 0.5) is 11.5 Å². The second-order valence-electron chi connectivity index (χ2n) is 7.35. The summed E-state index contributed by atoms with van der Waals surface area (Å²) in [5, 5.41) is 3.21. The van der Waals surface area contributed by atoms with E-state index >= 15 is 0 Å². The molecule has 0 radical (unpaired) electrons. The Labute approximate surface area is 174 Å². The molecule has 1 aromatic heterocycles. The van der Waals surface area contributed by atoms with Gasteiger partial charge in [0.25, 0.3) is 5.91 Å². The number of nitrogens with zero attached hydrogens (tertiary/aromatic N) is 2. The summed E-state index contributed by atoms with van der Waals surface area (Å²) < 4.78 is 10.8. The van der Waals surface area contributed by atoms with E-state index in [4.69, 9.17) is 9.47 Å². The molecule has 0 bridgehead atoms. The van der Waals surface area contributed by atoms with E-state index < -0.39 is 28.8 Å². The van der Waals surface area contributed by atoms with E-state index in [2.05, 4.69) is 10.3 Å². The maximum Gasteiger partial charge on any atom is 0.331 e. The standard InChI is InChI=1S/C22H23N3O5/c1-5-29-19(27)21(20(28)30-6-2)15-12-13(3)9-10-16(15)24-22(21)14-8-7-11-23-17(14)25(4)18(22)26/h7-12,24H,5-6H2,1-4H3/t22-/m0/s1. The molecule has 156 valence electrons. The van der Waals surface area contributed by atoms with Gasteiger partial charge in [-0.25, -0.2) is 4.98 Å². The minimum Gasteiger partial charge on any atom is -0.465 e. The van der Waals surface area contributed by atoms with Crippen LogP contribution in [-0.4, -0.2) is 43.1 Å². The first-order valence-corrected chi connectivity index (χ1v) is 9.83. The van der Waals surface area contributed by atoms with Gasteiger partial charge in [-0.1, -0.05) is 23.8 Å². The zero-order valence-corrected chi connectivity index (χ0v) is 17.3. The smallest absolute Gasteiger partial charge is 0.331 e. The fraction of sp³-hybridized carbons (Fsp3) is 0.364. The number of rotatable bonds is 4. The molecule has 1 atom stereocenters. The number of amides is 1. The van der Waals surface area contributed by atoms with Crippen LogP contribution < -0.4 is 10.2 Å². The molecule has 1 N–H and O–H groups in total. The molecule has 1 aromatic carbocycles. The minimum atomic E-state index is -2.06. The number of benzene rings is 1. The van der Waals surface area contributed by atoms with Crippen molar-refractivity contribution in [2.45, 2.75) is 31.7 Å². The molecule has 1 amide bonds. The zero-order valence-electron chi connectivity index (χ0n) is 17.3.